The van der Waals surface area contributed by atoms with Crippen molar-refractivity contribution in [2.75, 3.05) is 0 Å². The van der Waals surface area contributed by atoms with Gasteiger partial charge in [0, 0.05) is 35.8 Å². The Kier molecular flexibility index (Phi) is 3.53. The summed E-state index contributed by atoms with van der Waals surface area (Å²) >= 11 is 1.86. The fraction of sp³-hybridized carbons (Fsp3) is 0.667. The minimum Gasteiger partial charge on any atom is -0.300 e. The minimum atomic E-state index is 0.488. The third-order valence-corrected chi connectivity index (χ3v) is 5.44. The molecule has 3 rings (SSSR count). The van der Waals surface area contributed by atoms with Crippen LogP contribution in [0.2, 0.25) is 0 Å². The van der Waals surface area contributed by atoms with Crippen molar-refractivity contribution in [3.05, 3.63) is 22.4 Å². The maximum Gasteiger partial charge on any atom is 0.136 e. The highest BCUT2D eigenvalue weighted by atomic mass is 32.1. The van der Waals surface area contributed by atoms with E-state index in [9.17, 15) is 4.79 Å². The van der Waals surface area contributed by atoms with Gasteiger partial charge in [0.2, 0.25) is 0 Å². The van der Waals surface area contributed by atoms with Crippen LogP contribution in [0, 0.1) is 0 Å². The van der Waals surface area contributed by atoms with Gasteiger partial charge < -0.3 is 0 Å². The largest absolute Gasteiger partial charge is 0.300 e. The molecule has 2 nitrogen and oxygen atoms in total. The van der Waals surface area contributed by atoms with Gasteiger partial charge in [0.15, 0.2) is 0 Å². The van der Waals surface area contributed by atoms with Crippen molar-refractivity contribution in [1.29, 1.82) is 0 Å². The van der Waals surface area contributed by atoms with Gasteiger partial charge in [0.1, 0.15) is 5.78 Å². The monoisotopic (exact) mass is 263 g/mol. The molecule has 2 saturated heterocycles. The fourth-order valence-corrected chi connectivity index (χ4v) is 4.67. The Hall–Kier alpha value is -0.670. The normalized spacial score (nSPS) is 30.4. The first-order chi connectivity index (χ1) is 8.79. The Labute approximate surface area is 113 Å². The topological polar surface area (TPSA) is 20.3 Å². The number of fused-ring (bicyclic) bond motifs is 2. The molecule has 1 aromatic heterocycles. The summed E-state index contributed by atoms with van der Waals surface area (Å²) in [5.74, 6) is 0.488. The molecular formula is C15H21NOS. The Morgan fingerprint density at radius 3 is 2.67 bits per heavy atom. The molecule has 3 unspecified atom stereocenters. The Balaban J connectivity index is 1.87. The summed E-state index contributed by atoms with van der Waals surface area (Å²) in [6, 6.07) is 5.96. The smallest absolute Gasteiger partial charge is 0.136 e. The average Bonchev–Trinajstić information content (AvgIpc) is 2.84. The van der Waals surface area contributed by atoms with Gasteiger partial charge in [-0.3, -0.25) is 9.69 Å². The molecule has 0 amide bonds. The number of Topliss-reactive ketones (excluding diaryl/α,β-unsaturated/α-hetero) is 1. The lowest BCUT2D eigenvalue weighted by Crippen LogP contribution is -2.53. The highest BCUT2D eigenvalue weighted by Crippen LogP contribution is 2.41. The van der Waals surface area contributed by atoms with E-state index in [1.165, 1.54) is 24.1 Å². The molecule has 0 aromatic carbocycles. The summed E-state index contributed by atoms with van der Waals surface area (Å²) in [6.07, 6.45) is 6.46. The average molecular weight is 263 g/mol. The van der Waals surface area contributed by atoms with Crippen molar-refractivity contribution in [3.63, 3.8) is 0 Å². The number of ketones is 1. The predicted molar refractivity (Wildman–Crippen MR) is 74.9 cm³/mol. The Morgan fingerprint density at radius 1 is 1.39 bits per heavy atom. The highest BCUT2D eigenvalue weighted by molar-refractivity contribution is 7.10. The fourth-order valence-electron chi connectivity index (χ4n) is 3.76. The van der Waals surface area contributed by atoms with Gasteiger partial charge in [-0.2, -0.15) is 0 Å². The van der Waals surface area contributed by atoms with E-state index in [0.29, 0.717) is 23.9 Å². The molecule has 18 heavy (non-hydrogen) atoms. The van der Waals surface area contributed by atoms with Gasteiger partial charge in [-0.15, -0.1) is 11.3 Å². The quantitative estimate of drug-likeness (QED) is 0.827. The molecule has 2 aliphatic heterocycles. The van der Waals surface area contributed by atoms with E-state index in [1.807, 2.05) is 11.3 Å². The van der Waals surface area contributed by atoms with Crippen LogP contribution in [-0.2, 0) is 4.79 Å². The van der Waals surface area contributed by atoms with E-state index >= 15 is 0 Å². The maximum atomic E-state index is 11.8. The first-order valence-electron chi connectivity index (χ1n) is 7.12. The molecule has 98 valence electrons. The van der Waals surface area contributed by atoms with Crippen LogP contribution in [0.1, 0.15) is 56.4 Å². The summed E-state index contributed by atoms with van der Waals surface area (Å²) in [5.41, 5.74) is 0. The van der Waals surface area contributed by atoms with E-state index < -0.39 is 0 Å². The lowest BCUT2D eigenvalue weighted by Gasteiger charge is -2.49. The van der Waals surface area contributed by atoms with Crippen molar-refractivity contribution >= 4 is 17.1 Å². The van der Waals surface area contributed by atoms with Crippen LogP contribution in [0.5, 0.6) is 0 Å². The SMILES string of the molecule is CCC(c1cccs1)N1C2CCCC1CC(=O)C2. The number of rotatable bonds is 3. The molecule has 0 aliphatic carbocycles. The first kappa shape index (κ1) is 12.4. The number of carbonyl (C=O) groups is 1. The number of nitrogens with zero attached hydrogens (tertiary/aromatic N) is 1. The van der Waals surface area contributed by atoms with Crippen LogP contribution in [0.3, 0.4) is 0 Å². The third kappa shape index (κ3) is 2.14. The number of carbonyl (C=O) groups excluding carboxylic acids is 1. The lowest BCUT2D eigenvalue weighted by molar-refractivity contribution is -0.129. The second-order valence-electron chi connectivity index (χ2n) is 5.57. The summed E-state index contributed by atoms with van der Waals surface area (Å²) in [4.78, 5) is 15.9. The van der Waals surface area contributed by atoms with Crippen molar-refractivity contribution in [2.45, 2.75) is 63.6 Å². The zero-order chi connectivity index (χ0) is 12.5. The summed E-state index contributed by atoms with van der Waals surface area (Å²) in [5, 5.41) is 2.17. The molecule has 0 spiro atoms. The summed E-state index contributed by atoms with van der Waals surface area (Å²) in [7, 11) is 0. The Bertz CT molecular complexity index is 398. The summed E-state index contributed by atoms with van der Waals surface area (Å²) < 4.78 is 0. The van der Waals surface area contributed by atoms with Crippen LogP contribution in [0.15, 0.2) is 17.5 Å². The van der Waals surface area contributed by atoms with Gasteiger partial charge in [-0.05, 0) is 30.7 Å². The maximum absolute atomic E-state index is 11.8. The second kappa shape index (κ2) is 5.14. The van der Waals surface area contributed by atoms with E-state index in [-0.39, 0.29) is 0 Å². The molecule has 3 heteroatoms. The molecule has 2 fully saturated rings. The molecule has 0 radical (unpaired) electrons. The highest BCUT2D eigenvalue weighted by Gasteiger charge is 2.41. The van der Waals surface area contributed by atoms with E-state index in [1.54, 1.807) is 0 Å². The lowest BCUT2D eigenvalue weighted by atomic mass is 9.82. The van der Waals surface area contributed by atoms with Crippen molar-refractivity contribution in [3.8, 4) is 0 Å². The van der Waals surface area contributed by atoms with Crippen molar-refractivity contribution < 1.29 is 4.79 Å². The summed E-state index contributed by atoms with van der Waals surface area (Å²) in [6.45, 7) is 2.27. The van der Waals surface area contributed by atoms with Crippen molar-refractivity contribution in [2.24, 2.45) is 0 Å². The zero-order valence-electron chi connectivity index (χ0n) is 11.0. The van der Waals surface area contributed by atoms with Gasteiger partial charge in [-0.1, -0.05) is 19.4 Å². The molecule has 1 aromatic rings. The molecule has 3 heterocycles. The standard InChI is InChI=1S/C15H21NOS/c1-2-14(15-7-4-8-18-15)16-11-5-3-6-12(16)10-13(17)9-11/h4,7-8,11-12,14H,2-3,5-6,9-10H2,1H3. The molecule has 0 saturated carbocycles. The molecule has 3 atom stereocenters. The van der Waals surface area contributed by atoms with Gasteiger partial charge in [-0.25, -0.2) is 0 Å². The van der Waals surface area contributed by atoms with Crippen LogP contribution < -0.4 is 0 Å². The predicted octanol–water partition coefficient (Wildman–Crippen LogP) is 3.79. The van der Waals surface area contributed by atoms with Gasteiger partial charge in [0.05, 0.1) is 0 Å². The van der Waals surface area contributed by atoms with Crippen molar-refractivity contribution in [1.82, 2.24) is 4.90 Å². The Morgan fingerprint density at radius 2 is 2.11 bits per heavy atom. The van der Waals surface area contributed by atoms with Crippen LogP contribution in [0.25, 0.3) is 0 Å². The molecule has 2 aliphatic rings. The number of hydrogen-bond acceptors (Lipinski definition) is 3. The van der Waals surface area contributed by atoms with E-state index in [4.69, 9.17) is 0 Å². The van der Waals surface area contributed by atoms with E-state index in [2.05, 4.69) is 29.3 Å². The number of piperidine rings is 2. The van der Waals surface area contributed by atoms with E-state index in [0.717, 1.165) is 19.3 Å². The molecular weight excluding hydrogens is 242 g/mol. The minimum absolute atomic E-state index is 0.488. The number of thiophene rings is 1. The van der Waals surface area contributed by atoms with Crippen LogP contribution in [-0.4, -0.2) is 22.8 Å². The third-order valence-electron chi connectivity index (χ3n) is 4.46. The molecule has 0 N–H and O–H groups in total. The second-order valence-corrected chi connectivity index (χ2v) is 6.55. The number of hydrogen-bond donors (Lipinski definition) is 0. The van der Waals surface area contributed by atoms with Crippen LogP contribution >= 0.6 is 11.3 Å². The molecule has 2 bridgehead atoms. The van der Waals surface area contributed by atoms with Gasteiger partial charge in [0.25, 0.3) is 0 Å². The zero-order valence-corrected chi connectivity index (χ0v) is 11.8. The van der Waals surface area contributed by atoms with Gasteiger partial charge >= 0.3 is 0 Å². The van der Waals surface area contributed by atoms with Crippen LogP contribution in [0.4, 0.5) is 0 Å². The first-order valence-corrected chi connectivity index (χ1v) is 8.00.